The normalized spacial score (nSPS) is 26.4. The molecular weight excluding hydrogens is 425 g/mol. The summed E-state index contributed by atoms with van der Waals surface area (Å²) in [5.41, 5.74) is 0.489. The predicted molar refractivity (Wildman–Crippen MR) is 115 cm³/mol. The molecule has 0 aromatic carbocycles. The van der Waals surface area contributed by atoms with Gasteiger partial charge < -0.3 is 14.8 Å². The van der Waals surface area contributed by atoms with Gasteiger partial charge >= 0.3 is 0 Å². The third kappa shape index (κ3) is 4.68. The van der Waals surface area contributed by atoms with Crippen LogP contribution in [0.4, 0.5) is 0 Å². The molecule has 142 valence electrons. The molecule has 1 aromatic rings. The Bertz CT molecular complexity index is 536. The molecule has 0 amide bonds. The summed E-state index contributed by atoms with van der Waals surface area (Å²) in [6, 6.07) is 0.478. The lowest BCUT2D eigenvalue weighted by atomic mass is 9.83. The summed E-state index contributed by atoms with van der Waals surface area (Å²) in [6.07, 6.45) is 13.9. The maximum absolute atomic E-state index is 4.59. The highest BCUT2D eigenvalue weighted by atomic mass is 127. The van der Waals surface area contributed by atoms with E-state index in [2.05, 4.69) is 44.8 Å². The number of imidazole rings is 1. The highest BCUT2D eigenvalue weighted by Crippen LogP contribution is 2.40. The molecule has 1 aliphatic heterocycles. The van der Waals surface area contributed by atoms with Gasteiger partial charge in [0.1, 0.15) is 0 Å². The zero-order chi connectivity index (χ0) is 17.0. The summed E-state index contributed by atoms with van der Waals surface area (Å²) < 4.78 is 2.26. The Balaban J connectivity index is 0.00000225. The number of hydrogen-bond donors (Lipinski definition) is 1. The zero-order valence-electron chi connectivity index (χ0n) is 15.9. The van der Waals surface area contributed by atoms with Crippen LogP contribution < -0.4 is 5.32 Å². The van der Waals surface area contributed by atoms with Crippen molar-refractivity contribution >= 4 is 29.9 Å². The summed E-state index contributed by atoms with van der Waals surface area (Å²) in [4.78, 5) is 11.2. The molecule has 1 aromatic heterocycles. The van der Waals surface area contributed by atoms with Gasteiger partial charge in [-0.1, -0.05) is 26.7 Å². The molecule has 2 fully saturated rings. The second-order valence-electron chi connectivity index (χ2n) is 7.75. The van der Waals surface area contributed by atoms with Crippen molar-refractivity contribution in [1.82, 2.24) is 19.8 Å². The Morgan fingerprint density at radius 1 is 1.36 bits per heavy atom. The van der Waals surface area contributed by atoms with Crippen LogP contribution in [0, 0.1) is 11.3 Å². The van der Waals surface area contributed by atoms with Gasteiger partial charge in [-0.3, -0.25) is 4.99 Å². The topological polar surface area (TPSA) is 45.5 Å². The van der Waals surface area contributed by atoms with Crippen molar-refractivity contribution in [2.24, 2.45) is 16.3 Å². The average molecular weight is 459 g/mol. The summed E-state index contributed by atoms with van der Waals surface area (Å²) in [5.74, 6) is 1.75. The van der Waals surface area contributed by atoms with Crippen molar-refractivity contribution in [3.63, 3.8) is 0 Å². The number of nitrogens with zero attached hydrogens (tertiary/aromatic N) is 4. The van der Waals surface area contributed by atoms with E-state index < -0.39 is 0 Å². The van der Waals surface area contributed by atoms with Gasteiger partial charge in [0, 0.05) is 39.1 Å². The molecule has 2 unspecified atom stereocenters. The first-order chi connectivity index (χ1) is 11.7. The van der Waals surface area contributed by atoms with Gasteiger partial charge in [0.2, 0.25) is 0 Å². The highest BCUT2D eigenvalue weighted by Gasteiger charge is 2.33. The summed E-state index contributed by atoms with van der Waals surface area (Å²) in [6.45, 7) is 7.86. The molecule has 5 nitrogen and oxygen atoms in total. The van der Waals surface area contributed by atoms with Crippen molar-refractivity contribution < 1.29 is 0 Å². The van der Waals surface area contributed by atoms with Gasteiger partial charge in [0.05, 0.1) is 12.4 Å². The quantitative estimate of drug-likeness (QED) is 0.422. The van der Waals surface area contributed by atoms with Gasteiger partial charge in [-0.25, -0.2) is 4.98 Å². The average Bonchev–Trinajstić information content (AvgIpc) is 3.29. The molecule has 3 rings (SSSR count). The molecule has 1 saturated heterocycles. The van der Waals surface area contributed by atoms with Crippen LogP contribution >= 0.6 is 24.0 Å². The maximum atomic E-state index is 4.59. The van der Waals surface area contributed by atoms with Crippen molar-refractivity contribution in [3.8, 4) is 0 Å². The van der Waals surface area contributed by atoms with Crippen molar-refractivity contribution in [3.05, 3.63) is 18.7 Å². The van der Waals surface area contributed by atoms with E-state index in [1.807, 2.05) is 19.6 Å². The molecule has 2 aliphatic rings. The summed E-state index contributed by atoms with van der Waals surface area (Å²) >= 11 is 0. The molecule has 1 saturated carbocycles. The fraction of sp³-hybridized carbons (Fsp3) is 0.789. The highest BCUT2D eigenvalue weighted by molar-refractivity contribution is 14.0. The third-order valence-corrected chi connectivity index (χ3v) is 6.37. The van der Waals surface area contributed by atoms with Crippen molar-refractivity contribution in [2.75, 3.05) is 26.7 Å². The molecule has 1 aliphatic carbocycles. The smallest absolute Gasteiger partial charge is 0.193 e. The Morgan fingerprint density at radius 2 is 2.12 bits per heavy atom. The molecular formula is C19H34IN5. The minimum Gasteiger partial charge on any atom is -0.356 e. The van der Waals surface area contributed by atoms with E-state index in [1.54, 1.807) is 0 Å². The number of aliphatic imine (C=N–C) groups is 1. The van der Waals surface area contributed by atoms with E-state index in [9.17, 15) is 0 Å². The van der Waals surface area contributed by atoms with Crippen LogP contribution in [0.2, 0.25) is 0 Å². The monoisotopic (exact) mass is 459 g/mol. The standard InChI is InChI=1S/C19H33N5.HI/c1-4-19(8-5-6-9-19)14-22-18(20-3)23-11-7-16(2)17(13-23)24-12-10-21-15-24;/h10,12,15-17H,4-9,11,13-14H2,1-3H3,(H,20,22);1H. The Labute approximate surface area is 169 Å². The Kier molecular flexibility index (Phi) is 7.58. The Hall–Kier alpha value is -0.790. The summed E-state index contributed by atoms with van der Waals surface area (Å²) in [7, 11) is 1.92. The van der Waals surface area contributed by atoms with Gasteiger partial charge in [-0.05, 0) is 37.0 Å². The number of aromatic nitrogens is 2. The molecule has 0 radical (unpaired) electrons. The molecule has 2 heterocycles. The number of nitrogens with one attached hydrogen (secondary N) is 1. The molecule has 1 N–H and O–H groups in total. The van der Waals surface area contributed by atoms with Crippen LogP contribution in [0.25, 0.3) is 0 Å². The van der Waals surface area contributed by atoms with Gasteiger partial charge in [-0.2, -0.15) is 0 Å². The lowest BCUT2D eigenvalue weighted by Gasteiger charge is -2.40. The van der Waals surface area contributed by atoms with E-state index in [0.717, 1.165) is 25.6 Å². The van der Waals surface area contributed by atoms with E-state index >= 15 is 0 Å². The fourth-order valence-electron chi connectivity index (χ4n) is 4.47. The SMILES string of the molecule is CCC1(CNC(=NC)N2CCC(C)C(n3ccnc3)C2)CCCC1.I. The first-order valence-electron chi connectivity index (χ1n) is 9.60. The molecule has 0 bridgehead atoms. The van der Waals surface area contributed by atoms with Crippen molar-refractivity contribution in [1.29, 1.82) is 0 Å². The number of guanidine groups is 1. The van der Waals surface area contributed by atoms with Crippen molar-refractivity contribution in [2.45, 2.75) is 58.4 Å². The first-order valence-corrected chi connectivity index (χ1v) is 9.60. The Morgan fingerprint density at radius 3 is 2.72 bits per heavy atom. The minimum absolute atomic E-state index is 0. The van der Waals surface area contributed by atoms with Gasteiger partial charge in [0.25, 0.3) is 0 Å². The van der Waals surface area contributed by atoms with E-state index in [1.165, 1.54) is 38.5 Å². The largest absolute Gasteiger partial charge is 0.356 e. The zero-order valence-corrected chi connectivity index (χ0v) is 18.3. The second-order valence-corrected chi connectivity index (χ2v) is 7.75. The number of rotatable bonds is 4. The second kappa shape index (κ2) is 9.24. The number of piperidine rings is 1. The molecule has 25 heavy (non-hydrogen) atoms. The third-order valence-electron chi connectivity index (χ3n) is 6.37. The summed E-state index contributed by atoms with van der Waals surface area (Å²) in [5, 5.41) is 3.70. The molecule has 0 spiro atoms. The molecule has 2 atom stereocenters. The van der Waals surface area contributed by atoms with E-state index in [4.69, 9.17) is 0 Å². The van der Waals surface area contributed by atoms with Crippen LogP contribution in [0.15, 0.2) is 23.7 Å². The van der Waals surface area contributed by atoms with E-state index in [0.29, 0.717) is 17.4 Å². The van der Waals surface area contributed by atoms with E-state index in [-0.39, 0.29) is 24.0 Å². The first kappa shape index (κ1) is 20.5. The van der Waals surface area contributed by atoms with Gasteiger partial charge in [0.15, 0.2) is 5.96 Å². The van der Waals surface area contributed by atoms with Crippen LogP contribution in [0.3, 0.4) is 0 Å². The predicted octanol–water partition coefficient (Wildman–Crippen LogP) is 3.93. The lowest BCUT2D eigenvalue weighted by molar-refractivity contribution is 0.186. The van der Waals surface area contributed by atoms with Crippen LogP contribution in [-0.4, -0.2) is 47.1 Å². The van der Waals surface area contributed by atoms with Crippen LogP contribution in [-0.2, 0) is 0 Å². The van der Waals surface area contributed by atoms with Gasteiger partial charge in [-0.15, -0.1) is 24.0 Å². The fourth-order valence-corrected chi connectivity index (χ4v) is 4.47. The number of hydrogen-bond acceptors (Lipinski definition) is 2. The van der Waals surface area contributed by atoms with Crippen LogP contribution in [0.5, 0.6) is 0 Å². The lowest BCUT2D eigenvalue weighted by Crippen LogP contribution is -2.50. The number of halogens is 1. The number of likely N-dealkylation sites (tertiary alicyclic amines) is 1. The minimum atomic E-state index is 0. The molecule has 6 heteroatoms. The van der Waals surface area contributed by atoms with Crippen LogP contribution in [0.1, 0.15) is 58.4 Å². The maximum Gasteiger partial charge on any atom is 0.193 e.